The van der Waals surface area contributed by atoms with E-state index < -0.39 is 0 Å². The topological polar surface area (TPSA) is 38.8 Å². The molecular weight excluding hydrogens is 254 g/mol. The number of hydrogen-bond donors (Lipinski definition) is 0. The lowest BCUT2D eigenvalue weighted by molar-refractivity contribution is -0.134. The maximum absolute atomic E-state index is 12.3. The van der Waals surface area contributed by atoms with Crippen LogP contribution in [0.3, 0.4) is 0 Å². The van der Waals surface area contributed by atoms with Crippen LogP contribution in [0, 0.1) is 5.41 Å². The average Bonchev–Trinajstić information content (AvgIpc) is 2.80. The van der Waals surface area contributed by atoms with Crippen LogP contribution in [0.1, 0.15) is 38.3 Å². The molecule has 108 valence electrons. The molecule has 0 saturated carbocycles. The molecule has 0 saturated heterocycles. The van der Waals surface area contributed by atoms with Gasteiger partial charge < -0.3 is 14.4 Å². The van der Waals surface area contributed by atoms with Crippen LogP contribution in [0.2, 0.25) is 0 Å². The molecule has 20 heavy (non-hydrogen) atoms. The second-order valence-corrected chi connectivity index (χ2v) is 6.78. The normalized spacial score (nSPS) is 17.1. The quantitative estimate of drug-likeness (QED) is 0.791. The van der Waals surface area contributed by atoms with E-state index in [0.29, 0.717) is 19.8 Å². The predicted octanol–water partition coefficient (Wildman–Crippen LogP) is 2.74. The number of benzene rings is 1. The van der Waals surface area contributed by atoms with E-state index in [1.165, 1.54) is 11.1 Å². The summed E-state index contributed by atoms with van der Waals surface area (Å²) in [5, 5.41) is 0. The molecule has 0 fully saturated rings. The van der Waals surface area contributed by atoms with Crippen molar-refractivity contribution in [1.29, 1.82) is 0 Å². The van der Waals surface area contributed by atoms with Crippen LogP contribution in [-0.2, 0) is 17.8 Å². The first-order chi connectivity index (χ1) is 9.42. The van der Waals surface area contributed by atoms with Crippen molar-refractivity contribution < 1.29 is 14.3 Å². The third-order valence-electron chi connectivity index (χ3n) is 3.74. The molecule has 0 aliphatic carbocycles. The van der Waals surface area contributed by atoms with Gasteiger partial charge in [0.15, 0.2) is 11.5 Å². The Morgan fingerprint density at radius 1 is 1.20 bits per heavy atom. The summed E-state index contributed by atoms with van der Waals surface area (Å²) in [6.45, 7) is 8.07. The molecule has 0 aromatic heterocycles. The van der Waals surface area contributed by atoms with Gasteiger partial charge in [-0.1, -0.05) is 20.8 Å². The van der Waals surface area contributed by atoms with Crippen LogP contribution in [0.5, 0.6) is 11.5 Å². The summed E-state index contributed by atoms with van der Waals surface area (Å²) in [4.78, 5) is 14.3. The zero-order valence-corrected chi connectivity index (χ0v) is 12.4. The van der Waals surface area contributed by atoms with E-state index in [-0.39, 0.29) is 11.3 Å². The van der Waals surface area contributed by atoms with Gasteiger partial charge in [0.2, 0.25) is 12.7 Å². The van der Waals surface area contributed by atoms with E-state index in [2.05, 4.69) is 26.8 Å². The van der Waals surface area contributed by atoms with Gasteiger partial charge in [0, 0.05) is 19.5 Å². The number of carbonyl (C=O) groups excluding carboxylic acids is 1. The monoisotopic (exact) mass is 275 g/mol. The van der Waals surface area contributed by atoms with Gasteiger partial charge in [0.1, 0.15) is 0 Å². The minimum Gasteiger partial charge on any atom is -0.454 e. The van der Waals surface area contributed by atoms with Gasteiger partial charge in [-0.3, -0.25) is 4.79 Å². The Labute approximate surface area is 119 Å². The highest BCUT2D eigenvalue weighted by Gasteiger charge is 2.26. The Morgan fingerprint density at radius 2 is 1.85 bits per heavy atom. The second kappa shape index (κ2) is 4.69. The number of hydrogen-bond acceptors (Lipinski definition) is 3. The Kier molecular flexibility index (Phi) is 3.11. The molecule has 0 bridgehead atoms. The molecule has 1 amide bonds. The van der Waals surface area contributed by atoms with Crippen LogP contribution in [0.4, 0.5) is 0 Å². The van der Waals surface area contributed by atoms with E-state index in [9.17, 15) is 4.79 Å². The highest BCUT2D eigenvalue weighted by Crippen LogP contribution is 2.37. The lowest BCUT2D eigenvalue weighted by Gasteiger charge is -2.31. The molecule has 2 aliphatic heterocycles. The average molecular weight is 275 g/mol. The minimum absolute atomic E-state index is 0.0340. The molecule has 2 heterocycles. The minimum atomic E-state index is 0.0340. The van der Waals surface area contributed by atoms with Gasteiger partial charge >= 0.3 is 0 Å². The molecule has 0 atom stereocenters. The first-order valence-corrected chi connectivity index (χ1v) is 7.11. The molecule has 0 radical (unpaired) electrons. The fraction of sp³-hybridized carbons (Fsp3) is 0.562. The van der Waals surface area contributed by atoms with Gasteiger partial charge in [-0.25, -0.2) is 0 Å². The Morgan fingerprint density at radius 3 is 2.50 bits per heavy atom. The van der Waals surface area contributed by atoms with Crippen LogP contribution in [0.25, 0.3) is 0 Å². The van der Waals surface area contributed by atoms with Crippen molar-refractivity contribution in [3.05, 3.63) is 23.3 Å². The first-order valence-electron chi connectivity index (χ1n) is 7.11. The largest absolute Gasteiger partial charge is 0.454 e. The first kappa shape index (κ1) is 13.3. The Balaban J connectivity index is 1.77. The van der Waals surface area contributed by atoms with Crippen LogP contribution in [-0.4, -0.2) is 24.1 Å². The summed E-state index contributed by atoms with van der Waals surface area (Å²) in [7, 11) is 0. The maximum atomic E-state index is 12.3. The van der Waals surface area contributed by atoms with E-state index >= 15 is 0 Å². The van der Waals surface area contributed by atoms with Crippen LogP contribution in [0.15, 0.2) is 12.1 Å². The van der Waals surface area contributed by atoms with Crippen LogP contribution < -0.4 is 9.47 Å². The van der Waals surface area contributed by atoms with Crippen molar-refractivity contribution in [2.75, 3.05) is 13.3 Å². The second-order valence-electron chi connectivity index (χ2n) is 6.78. The summed E-state index contributed by atoms with van der Waals surface area (Å²) in [5.74, 6) is 1.87. The van der Waals surface area contributed by atoms with Crippen molar-refractivity contribution >= 4 is 5.91 Å². The third-order valence-corrected chi connectivity index (χ3v) is 3.74. The fourth-order valence-electron chi connectivity index (χ4n) is 2.72. The summed E-state index contributed by atoms with van der Waals surface area (Å²) in [6, 6.07) is 4.08. The SMILES string of the molecule is CC(C)(C)CC(=O)N1CCc2cc3c(cc2C1)OCO3. The molecule has 0 N–H and O–H groups in total. The van der Waals surface area contributed by atoms with Gasteiger partial charge in [0.05, 0.1) is 0 Å². The lowest BCUT2D eigenvalue weighted by Crippen LogP contribution is -2.37. The Hall–Kier alpha value is -1.71. The molecule has 1 aromatic carbocycles. The van der Waals surface area contributed by atoms with Gasteiger partial charge in [-0.2, -0.15) is 0 Å². The summed E-state index contributed by atoms with van der Waals surface area (Å²) in [6.07, 6.45) is 1.48. The zero-order valence-electron chi connectivity index (χ0n) is 12.4. The van der Waals surface area contributed by atoms with E-state index in [1.54, 1.807) is 0 Å². The molecule has 1 aromatic rings. The summed E-state index contributed by atoms with van der Waals surface area (Å²) in [5.41, 5.74) is 2.49. The van der Waals surface area contributed by atoms with Crippen molar-refractivity contribution in [2.45, 2.75) is 40.2 Å². The summed E-state index contributed by atoms with van der Waals surface area (Å²) < 4.78 is 10.8. The van der Waals surface area contributed by atoms with Crippen molar-refractivity contribution in [2.24, 2.45) is 5.41 Å². The standard InChI is InChI=1S/C16H21NO3/c1-16(2,3)8-15(18)17-5-4-11-6-13-14(20-10-19-13)7-12(11)9-17/h6-7H,4-5,8-10H2,1-3H3. The third kappa shape index (κ3) is 2.60. The highest BCUT2D eigenvalue weighted by atomic mass is 16.7. The molecule has 0 spiro atoms. The van der Waals surface area contributed by atoms with E-state index in [0.717, 1.165) is 24.5 Å². The lowest BCUT2D eigenvalue weighted by atomic mass is 9.90. The molecule has 2 aliphatic rings. The van der Waals surface area contributed by atoms with Gasteiger partial charge in [-0.05, 0) is 35.1 Å². The van der Waals surface area contributed by atoms with Crippen molar-refractivity contribution in [1.82, 2.24) is 4.90 Å². The van der Waals surface area contributed by atoms with Gasteiger partial charge in [-0.15, -0.1) is 0 Å². The molecule has 4 nitrogen and oxygen atoms in total. The molecular formula is C16H21NO3. The number of fused-ring (bicyclic) bond motifs is 2. The van der Waals surface area contributed by atoms with Gasteiger partial charge in [0.25, 0.3) is 0 Å². The molecule has 0 unspecified atom stereocenters. The van der Waals surface area contributed by atoms with E-state index in [1.807, 2.05) is 11.0 Å². The summed E-state index contributed by atoms with van der Waals surface area (Å²) >= 11 is 0. The molecule has 4 heteroatoms. The van der Waals surface area contributed by atoms with Crippen molar-refractivity contribution in [3.63, 3.8) is 0 Å². The van der Waals surface area contributed by atoms with E-state index in [4.69, 9.17) is 9.47 Å². The number of nitrogens with zero attached hydrogens (tertiary/aromatic N) is 1. The fourth-order valence-corrected chi connectivity index (χ4v) is 2.72. The Bertz CT molecular complexity index is 545. The zero-order chi connectivity index (χ0) is 14.3. The molecule has 3 rings (SSSR count). The number of ether oxygens (including phenoxy) is 2. The van der Waals surface area contributed by atoms with Crippen molar-refractivity contribution in [3.8, 4) is 11.5 Å². The number of carbonyl (C=O) groups is 1. The number of rotatable bonds is 1. The predicted molar refractivity (Wildman–Crippen MR) is 75.8 cm³/mol. The number of amides is 1. The smallest absolute Gasteiger partial charge is 0.231 e. The highest BCUT2D eigenvalue weighted by molar-refractivity contribution is 5.77. The maximum Gasteiger partial charge on any atom is 0.231 e. The van der Waals surface area contributed by atoms with Crippen LogP contribution >= 0.6 is 0 Å².